The van der Waals surface area contributed by atoms with Crippen molar-refractivity contribution in [2.75, 3.05) is 12.4 Å². The minimum Gasteiger partial charge on any atom is -0.469 e. The molecule has 0 spiro atoms. The Balaban J connectivity index is 1.62. The number of carbonyl (C=O) groups is 1. The number of aryl methyl sites for hydroxylation is 1. The van der Waals surface area contributed by atoms with Gasteiger partial charge in [0.25, 0.3) is 0 Å². The fourth-order valence-electron chi connectivity index (χ4n) is 3.36. The molecule has 142 valence electrons. The summed E-state index contributed by atoms with van der Waals surface area (Å²) in [4.78, 5) is 20.9. The number of nitrogens with one attached hydrogen (secondary N) is 1. The predicted octanol–water partition coefficient (Wildman–Crippen LogP) is 2.57. The van der Waals surface area contributed by atoms with Crippen molar-refractivity contribution in [3.8, 4) is 11.3 Å². The summed E-state index contributed by atoms with van der Waals surface area (Å²) in [6.07, 6.45) is 4.34. The van der Waals surface area contributed by atoms with Gasteiger partial charge in [0.1, 0.15) is 0 Å². The molecule has 1 N–H and O–H groups in total. The Hall–Kier alpha value is -3.42. The van der Waals surface area contributed by atoms with E-state index in [2.05, 4.69) is 10.3 Å². The van der Waals surface area contributed by atoms with Gasteiger partial charge in [0.05, 0.1) is 25.6 Å². The SMILES string of the molecule is COC(=O)Cc1cccc(-c2cc3nc(NC4CC4)c4ncn(C)c4n3n2)c1. The number of methoxy groups -OCH3 is 1. The number of anilines is 1. The zero-order valence-electron chi connectivity index (χ0n) is 15.7. The summed E-state index contributed by atoms with van der Waals surface area (Å²) in [6, 6.07) is 10.2. The van der Waals surface area contributed by atoms with Crippen LogP contribution in [0.1, 0.15) is 18.4 Å². The molecule has 0 unspecified atom stereocenters. The summed E-state index contributed by atoms with van der Waals surface area (Å²) in [5, 5.41) is 8.24. The van der Waals surface area contributed by atoms with E-state index in [9.17, 15) is 4.79 Å². The Bertz CT molecular complexity index is 1200. The van der Waals surface area contributed by atoms with Gasteiger partial charge in [-0.1, -0.05) is 18.2 Å². The monoisotopic (exact) mass is 376 g/mol. The van der Waals surface area contributed by atoms with Gasteiger partial charge in [0, 0.05) is 24.7 Å². The largest absolute Gasteiger partial charge is 0.469 e. The van der Waals surface area contributed by atoms with Crippen LogP contribution in [0.25, 0.3) is 28.1 Å². The van der Waals surface area contributed by atoms with Gasteiger partial charge >= 0.3 is 5.97 Å². The summed E-state index contributed by atoms with van der Waals surface area (Å²) < 4.78 is 8.54. The highest BCUT2D eigenvalue weighted by molar-refractivity contribution is 5.87. The van der Waals surface area contributed by atoms with Crippen LogP contribution in [-0.2, 0) is 23.0 Å². The fraction of sp³-hybridized carbons (Fsp3) is 0.300. The van der Waals surface area contributed by atoms with Gasteiger partial charge in [0.15, 0.2) is 22.6 Å². The summed E-state index contributed by atoms with van der Waals surface area (Å²) >= 11 is 0. The van der Waals surface area contributed by atoms with Crippen LogP contribution in [0, 0.1) is 0 Å². The van der Waals surface area contributed by atoms with E-state index in [1.807, 2.05) is 46.5 Å². The molecule has 3 aromatic heterocycles. The first-order valence-corrected chi connectivity index (χ1v) is 9.26. The van der Waals surface area contributed by atoms with Crippen LogP contribution < -0.4 is 5.32 Å². The molecule has 28 heavy (non-hydrogen) atoms. The molecule has 5 rings (SSSR count). The smallest absolute Gasteiger partial charge is 0.309 e. The number of hydrogen-bond donors (Lipinski definition) is 1. The number of hydrogen-bond acceptors (Lipinski definition) is 6. The second-order valence-corrected chi connectivity index (χ2v) is 7.16. The van der Waals surface area contributed by atoms with Crippen molar-refractivity contribution in [3.05, 3.63) is 42.2 Å². The number of carbonyl (C=O) groups excluding carboxylic acids is 1. The molecule has 1 aromatic carbocycles. The average molecular weight is 376 g/mol. The van der Waals surface area contributed by atoms with E-state index < -0.39 is 0 Å². The minimum absolute atomic E-state index is 0.234. The lowest BCUT2D eigenvalue weighted by Gasteiger charge is -2.06. The number of ether oxygens (including phenoxy) is 1. The highest BCUT2D eigenvalue weighted by Crippen LogP contribution is 2.30. The summed E-state index contributed by atoms with van der Waals surface area (Å²) in [6.45, 7) is 0. The quantitative estimate of drug-likeness (QED) is 0.539. The van der Waals surface area contributed by atoms with E-state index in [1.165, 1.54) is 20.0 Å². The minimum atomic E-state index is -0.263. The second kappa shape index (κ2) is 6.33. The number of rotatable bonds is 5. The van der Waals surface area contributed by atoms with Crippen molar-refractivity contribution in [1.29, 1.82) is 0 Å². The highest BCUT2D eigenvalue weighted by atomic mass is 16.5. The van der Waals surface area contributed by atoms with E-state index in [1.54, 1.807) is 6.33 Å². The lowest BCUT2D eigenvalue weighted by Crippen LogP contribution is -2.07. The summed E-state index contributed by atoms with van der Waals surface area (Å²) in [5.41, 5.74) is 5.08. The molecule has 0 amide bonds. The van der Waals surface area contributed by atoms with E-state index in [4.69, 9.17) is 14.8 Å². The first kappa shape index (κ1) is 16.7. The molecule has 8 nitrogen and oxygen atoms in total. The van der Waals surface area contributed by atoms with Crippen molar-refractivity contribution in [1.82, 2.24) is 24.1 Å². The summed E-state index contributed by atoms with van der Waals surface area (Å²) in [7, 11) is 3.35. The lowest BCUT2D eigenvalue weighted by atomic mass is 10.1. The van der Waals surface area contributed by atoms with E-state index >= 15 is 0 Å². The number of esters is 1. The Morgan fingerprint density at radius 1 is 1.32 bits per heavy atom. The molecule has 0 bridgehead atoms. The van der Waals surface area contributed by atoms with Crippen LogP contribution in [0.4, 0.5) is 5.82 Å². The highest BCUT2D eigenvalue weighted by Gasteiger charge is 2.24. The molecule has 1 aliphatic rings. The van der Waals surface area contributed by atoms with Crippen LogP contribution in [0.15, 0.2) is 36.7 Å². The Morgan fingerprint density at radius 3 is 2.96 bits per heavy atom. The molecule has 0 saturated heterocycles. The molecule has 1 aliphatic carbocycles. The third-order valence-electron chi connectivity index (χ3n) is 4.96. The fourth-order valence-corrected chi connectivity index (χ4v) is 3.36. The third-order valence-corrected chi connectivity index (χ3v) is 4.96. The van der Waals surface area contributed by atoms with Gasteiger partial charge in [0.2, 0.25) is 0 Å². The number of aromatic nitrogens is 5. The zero-order valence-corrected chi connectivity index (χ0v) is 15.7. The van der Waals surface area contributed by atoms with Crippen molar-refractivity contribution in [2.24, 2.45) is 7.05 Å². The zero-order chi connectivity index (χ0) is 19.3. The molecule has 4 aromatic rings. The Kier molecular flexibility index (Phi) is 3.78. The molecular formula is C20H20N6O2. The molecule has 1 saturated carbocycles. The molecule has 0 atom stereocenters. The second-order valence-electron chi connectivity index (χ2n) is 7.16. The summed E-state index contributed by atoms with van der Waals surface area (Å²) in [5.74, 6) is 0.540. The number of imidazole rings is 1. The van der Waals surface area contributed by atoms with Crippen molar-refractivity contribution in [3.63, 3.8) is 0 Å². The maximum atomic E-state index is 11.6. The van der Waals surface area contributed by atoms with Crippen molar-refractivity contribution in [2.45, 2.75) is 25.3 Å². The van der Waals surface area contributed by atoms with E-state index in [0.29, 0.717) is 6.04 Å². The van der Waals surface area contributed by atoms with Gasteiger partial charge in [-0.25, -0.2) is 9.97 Å². The molecule has 1 fully saturated rings. The number of benzene rings is 1. The van der Waals surface area contributed by atoms with Gasteiger partial charge in [-0.05, 0) is 24.5 Å². The predicted molar refractivity (Wildman–Crippen MR) is 105 cm³/mol. The normalized spacial score (nSPS) is 13.9. The maximum Gasteiger partial charge on any atom is 0.309 e. The van der Waals surface area contributed by atoms with Crippen LogP contribution in [0.2, 0.25) is 0 Å². The van der Waals surface area contributed by atoms with E-state index in [0.717, 1.165) is 39.4 Å². The molecular weight excluding hydrogens is 356 g/mol. The van der Waals surface area contributed by atoms with Gasteiger partial charge in [-0.3, -0.25) is 4.79 Å². The van der Waals surface area contributed by atoms with Gasteiger partial charge in [-0.15, -0.1) is 0 Å². The third kappa shape index (κ3) is 2.87. The topological polar surface area (TPSA) is 86.3 Å². The maximum absolute atomic E-state index is 11.6. The van der Waals surface area contributed by atoms with Gasteiger partial charge in [-0.2, -0.15) is 9.61 Å². The van der Waals surface area contributed by atoms with Gasteiger partial charge < -0.3 is 14.6 Å². The van der Waals surface area contributed by atoms with E-state index in [-0.39, 0.29) is 12.4 Å². The van der Waals surface area contributed by atoms with Crippen LogP contribution in [-0.4, -0.2) is 43.3 Å². The van der Waals surface area contributed by atoms with Crippen molar-refractivity contribution < 1.29 is 9.53 Å². The first-order valence-electron chi connectivity index (χ1n) is 9.26. The molecule has 3 heterocycles. The molecule has 0 aliphatic heterocycles. The van der Waals surface area contributed by atoms with Crippen LogP contribution in [0.5, 0.6) is 0 Å². The number of nitrogens with zero attached hydrogens (tertiary/aromatic N) is 5. The first-order chi connectivity index (χ1) is 13.6. The van der Waals surface area contributed by atoms with Crippen LogP contribution >= 0.6 is 0 Å². The van der Waals surface area contributed by atoms with Crippen LogP contribution in [0.3, 0.4) is 0 Å². The lowest BCUT2D eigenvalue weighted by molar-refractivity contribution is -0.139. The Labute approximate surface area is 161 Å². The number of fused-ring (bicyclic) bond motifs is 3. The Morgan fingerprint density at radius 2 is 2.18 bits per heavy atom. The standard InChI is InChI=1S/C20H20N6O2/c1-25-11-21-18-19(22-14-6-7-14)23-16-10-15(24-26(16)20(18)25)13-5-3-4-12(8-13)9-17(27)28-2/h3-5,8,10-11,14H,6-7,9H2,1-2H3,(H,22,23). The molecule has 8 heteroatoms. The average Bonchev–Trinajstić information content (AvgIpc) is 3.27. The van der Waals surface area contributed by atoms with Crippen molar-refractivity contribution >= 4 is 28.6 Å². The molecule has 0 radical (unpaired) electrons.